The smallest absolute Gasteiger partial charge is 0.247 e. The summed E-state index contributed by atoms with van der Waals surface area (Å²) < 4.78 is 14.2. The van der Waals surface area contributed by atoms with Gasteiger partial charge in [0.2, 0.25) is 5.91 Å². The molecule has 2 aromatic carbocycles. The number of likely N-dealkylation sites (N-methyl/N-ethyl adjacent to an activating group) is 1. The van der Waals surface area contributed by atoms with E-state index in [2.05, 4.69) is 44.9 Å². The van der Waals surface area contributed by atoms with Crippen LogP contribution in [0.4, 0.5) is 15.8 Å². The van der Waals surface area contributed by atoms with Crippen molar-refractivity contribution >= 4 is 17.3 Å². The van der Waals surface area contributed by atoms with Crippen LogP contribution in [0.2, 0.25) is 0 Å². The summed E-state index contributed by atoms with van der Waals surface area (Å²) >= 11 is 0. The molecule has 1 amide bonds. The molecular weight excluding hydrogens is 405 g/mol. The standard InChI is InChI=1S/C25H32FN5O/c1-16-3-6-22(26)21-13-23(29-24(16)21)25(32)28-19-5-4-17-14-27-20(12-18(17)11-19)15-31-9-7-30(2)8-10-31/h3-6,11,20,23,27,29H,7-10,12-15H2,1-2H3,(H,28,32). The van der Waals surface area contributed by atoms with Crippen LogP contribution in [0.5, 0.6) is 0 Å². The number of piperazine rings is 1. The van der Waals surface area contributed by atoms with Gasteiger partial charge in [-0.15, -0.1) is 0 Å². The number of fused-ring (bicyclic) bond motifs is 2. The van der Waals surface area contributed by atoms with E-state index in [4.69, 9.17) is 0 Å². The third-order valence-corrected chi connectivity index (χ3v) is 7.10. The molecule has 0 aromatic heterocycles. The fourth-order valence-electron chi connectivity index (χ4n) is 5.09. The van der Waals surface area contributed by atoms with Crippen LogP contribution in [0, 0.1) is 12.7 Å². The zero-order valence-corrected chi connectivity index (χ0v) is 18.9. The van der Waals surface area contributed by atoms with Gasteiger partial charge < -0.3 is 20.9 Å². The van der Waals surface area contributed by atoms with E-state index in [1.807, 2.05) is 13.0 Å². The quantitative estimate of drug-likeness (QED) is 0.686. The van der Waals surface area contributed by atoms with Crippen molar-refractivity contribution in [1.29, 1.82) is 0 Å². The van der Waals surface area contributed by atoms with Crippen LogP contribution < -0.4 is 16.0 Å². The summed E-state index contributed by atoms with van der Waals surface area (Å²) in [7, 11) is 2.18. The largest absolute Gasteiger partial charge is 0.373 e. The molecule has 0 aliphatic carbocycles. The normalized spacial score (nSPS) is 23.3. The van der Waals surface area contributed by atoms with E-state index < -0.39 is 6.04 Å². The first kappa shape index (κ1) is 21.4. The van der Waals surface area contributed by atoms with E-state index in [0.717, 1.165) is 62.6 Å². The van der Waals surface area contributed by atoms with Gasteiger partial charge in [0.05, 0.1) is 0 Å². The number of aryl methyl sites for hydroxylation is 1. The van der Waals surface area contributed by atoms with Gasteiger partial charge in [-0.2, -0.15) is 0 Å². The summed E-state index contributed by atoms with van der Waals surface area (Å²) in [6.07, 6.45) is 1.33. The lowest BCUT2D eigenvalue weighted by Crippen LogP contribution is -2.51. The molecule has 3 aliphatic rings. The van der Waals surface area contributed by atoms with E-state index in [1.165, 1.54) is 17.2 Å². The van der Waals surface area contributed by atoms with Gasteiger partial charge in [0.1, 0.15) is 11.9 Å². The zero-order valence-electron chi connectivity index (χ0n) is 18.9. The molecule has 32 heavy (non-hydrogen) atoms. The summed E-state index contributed by atoms with van der Waals surface area (Å²) in [5, 5.41) is 9.93. The van der Waals surface area contributed by atoms with Gasteiger partial charge in [-0.05, 0) is 55.3 Å². The number of benzene rings is 2. The molecule has 1 fully saturated rings. The van der Waals surface area contributed by atoms with Crippen molar-refractivity contribution in [2.45, 2.75) is 38.4 Å². The maximum atomic E-state index is 14.2. The maximum absolute atomic E-state index is 14.2. The number of carbonyl (C=O) groups excluding carboxylic acids is 1. The van der Waals surface area contributed by atoms with E-state index in [1.54, 1.807) is 6.07 Å². The summed E-state index contributed by atoms with van der Waals surface area (Å²) in [5.41, 5.74) is 5.72. The van der Waals surface area contributed by atoms with Crippen molar-refractivity contribution in [1.82, 2.24) is 15.1 Å². The Morgan fingerprint density at radius 3 is 2.72 bits per heavy atom. The Labute approximate surface area is 189 Å². The highest BCUT2D eigenvalue weighted by Crippen LogP contribution is 2.32. The van der Waals surface area contributed by atoms with Crippen molar-refractivity contribution in [2.75, 3.05) is 50.4 Å². The fourth-order valence-corrected chi connectivity index (χ4v) is 5.09. The molecule has 170 valence electrons. The molecule has 2 unspecified atom stereocenters. The highest BCUT2D eigenvalue weighted by Gasteiger charge is 2.30. The number of amides is 1. The van der Waals surface area contributed by atoms with E-state index in [9.17, 15) is 9.18 Å². The minimum Gasteiger partial charge on any atom is -0.373 e. The van der Waals surface area contributed by atoms with Crippen LogP contribution in [0.3, 0.4) is 0 Å². The van der Waals surface area contributed by atoms with Gasteiger partial charge in [0.25, 0.3) is 0 Å². The molecule has 0 radical (unpaired) electrons. The molecule has 2 atom stereocenters. The van der Waals surface area contributed by atoms with Crippen LogP contribution in [0.1, 0.15) is 22.3 Å². The number of nitrogens with one attached hydrogen (secondary N) is 3. The second kappa shape index (κ2) is 8.81. The number of nitrogens with zero attached hydrogens (tertiary/aromatic N) is 2. The van der Waals surface area contributed by atoms with Crippen LogP contribution in [0.15, 0.2) is 30.3 Å². The number of hydrogen-bond donors (Lipinski definition) is 3. The number of halogens is 1. The predicted octanol–water partition coefficient (Wildman–Crippen LogP) is 2.37. The van der Waals surface area contributed by atoms with Gasteiger partial charge in [0, 0.05) is 68.7 Å². The SMILES string of the molecule is Cc1ccc(F)c2c1NC(C(=O)Nc1ccc3c(c1)CC(CN1CCN(C)CC1)NC3)C2. The molecule has 6 nitrogen and oxygen atoms in total. The Morgan fingerprint density at radius 1 is 1.12 bits per heavy atom. The maximum Gasteiger partial charge on any atom is 0.247 e. The molecule has 1 saturated heterocycles. The average Bonchev–Trinajstić information content (AvgIpc) is 3.25. The molecule has 0 saturated carbocycles. The van der Waals surface area contributed by atoms with Crippen molar-refractivity contribution in [3.8, 4) is 0 Å². The number of anilines is 2. The Kier molecular flexibility index (Phi) is 5.88. The number of carbonyl (C=O) groups is 1. The second-order valence-corrected chi connectivity index (χ2v) is 9.48. The Balaban J connectivity index is 1.22. The first-order valence-corrected chi connectivity index (χ1v) is 11.6. The molecule has 5 rings (SSSR count). The molecule has 3 heterocycles. The third-order valence-electron chi connectivity index (χ3n) is 7.10. The lowest BCUT2D eigenvalue weighted by Gasteiger charge is -2.36. The zero-order chi connectivity index (χ0) is 22.2. The Bertz CT molecular complexity index is 987. The monoisotopic (exact) mass is 437 g/mol. The molecule has 0 bridgehead atoms. The lowest BCUT2D eigenvalue weighted by atomic mass is 9.94. The topological polar surface area (TPSA) is 59.6 Å². The summed E-state index contributed by atoms with van der Waals surface area (Å²) in [6, 6.07) is 9.37. The summed E-state index contributed by atoms with van der Waals surface area (Å²) in [6.45, 7) is 8.34. The van der Waals surface area contributed by atoms with Crippen LogP contribution in [0.25, 0.3) is 0 Å². The molecule has 2 aromatic rings. The van der Waals surface area contributed by atoms with Gasteiger partial charge in [0.15, 0.2) is 0 Å². The van der Waals surface area contributed by atoms with E-state index >= 15 is 0 Å². The fraction of sp³-hybridized carbons (Fsp3) is 0.480. The van der Waals surface area contributed by atoms with Crippen LogP contribution >= 0.6 is 0 Å². The highest BCUT2D eigenvalue weighted by molar-refractivity contribution is 5.98. The molecule has 0 spiro atoms. The molecule has 3 N–H and O–H groups in total. The lowest BCUT2D eigenvalue weighted by molar-refractivity contribution is -0.116. The molecule has 3 aliphatic heterocycles. The number of hydrogen-bond acceptors (Lipinski definition) is 5. The number of rotatable bonds is 4. The Morgan fingerprint density at radius 2 is 1.94 bits per heavy atom. The summed E-state index contributed by atoms with van der Waals surface area (Å²) in [5.74, 6) is -0.371. The van der Waals surface area contributed by atoms with Gasteiger partial charge in [-0.3, -0.25) is 9.69 Å². The van der Waals surface area contributed by atoms with E-state index in [-0.39, 0.29) is 11.7 Å². The first-order valence-electron chi connectivity index (χ1n) is 11.6. The highest BCUT2D eigenvalue weighted by atomic mass is 19.1. The third kappa shape index (κ3) is 4.37. The first-order chi connectivity index (χ1) is 15.5. The van der Waals surface area contributed by atoms with Crippen molar-refractivity contribution in [2.24, 2.45) is 0 Å². The van der Waals surface area contributed by atoms with Gasteiger partial charge in [-0.1, -0.05) is 12.1 Å². The van der Waals surface area contributed by atoms with Gasteiger partial charge in [-0.25, -0.2) is 4.39 Å². The summed E-state index contributed by atoms with van der Waals surface area (Å²) in [4.78, 5) is 17.8. The van der Waals surface area contributed by atoms with Crippen LogP contribution in [-0.2, 0) is 24.2 Å². The van der Waals surface area contributed by atoms with E-state index in [0.29, 0.717) is 18.0 Å². The van der Waals surface area contributed by atoms with Crippen molar-refractivity contribution in [3.05, 3.63) is 58.4 Å². The predicted molar refractivity (Wildman–Crippen MR) is 126 cm³/mol. The average molecular weight is 438 g/mol. The molecular formula is C25H32FN5O. The van der Waals surface area contributed by atoms with Gasteiger partial charge >= 0.3 is 0 Å². The van der Waals surface area contributed by atoms with Crippen molar-refractivity contribution < 1.29 is 9.18 Å². The van der Waals surface area contributed by atoms with Crippen molar-refractivity contribution in [3.63, 3.8) is 0 Å². The Hall–Kier alpha value is -2.48. The minimum atomic E-state index is -0.455. The van der Waals surface area contributed by atoms with Crippen LogP contribution in [-0.4, -0.2) is 67.6 Å². The second-order valence-electron chi connectivity index (χ2n) is 9.48. The molecule has 7 heteroatoms. The minimum absolute atomic E-state index is 0.122.